The van der Waals surface area contributed by atoms with Crippen molar-refractivity contribution in [3.05, 3.63) is 23.2 Å². The molecule has 0 bridgehead atoms. The SMILES string of the molecule is CCNC(=O)C(C)Sc1ccc(Cl)cc1N. The molecular weight excluding hydrogens is 244 g/mol. The van der Waals surface area contributed by atoms with Gasteiger partial charge >= 0.3 is 0 Å². The molecule has 1 atom stereocenters. The van der Waals surface area contributed by atoms with Crippen LogP contribution in [-0.4, -0.2) is 17.7 Å². The van der Waals surface area contributed by atoms with Gasteiger partial charge in [0.15, 0.2) is 0 Å². The first kappa shape index (κ1) is 13.2. The minimum absolute atomic E-state index is 0.0156. The molecule has 16 heavy (non-hydrogen) atoms. The molecule has 0 fully saturated rings. The Kier molecular flexibility index (Phi) is 4.96. The Bertz CT molecular complexity index is 384. The lowest BCUT2D eigenvalue weighted by atomic mass is 10.3. The third kappa shape index (κ3) is 3.61. The molecular formula is C11H15ClN2OS. The molecule has 0 radical (unpaired) electrons. The second-order valence-electron chi connectivity index (χ2n) is 3.34. The first-order chi connectivity index (χ1) is 7.54. The highest BCUT2D eigenvalue weighted by Gasteiger charge is 2.14. The van der Waals surface area contributed by atoms with E-state index in [1.54, 1.807) is 12.1 Å². The summed E-state index contributed by atoms with van der Waals surface area (Å²) in [5, 5.41) is 3.21. The van der Waals surface area contributed by atoms with Crippen LogP contribution in [0, 0.1) is 0 Å². The number of rotatable bonds is 4. The van der Waals surface area contributed by atoms with Crippen LogP contribution in [0.25, 0.3) is 0 Å². The second kappa shape index (κ2) is 6.01. The number of hydrogen-bond acceptors (Lipinski definition) is 3. The van der Waals surface area contributed by atoms with Gasteiger partial charge in [0.1, 0.15) is 0 Å². The molecule has 1 aromatic carbocycles. The molecule has 3 N–H and O–H groups in total. The molecule has 0 aliphatic carbocycles. The average molecular weight is 259 g/mol. The van der Waals surface area contributed by atoms with Crippen LogP contribution in [0.15, 0.2) is 23.1 Å². The van der Waals surface area contributed by atoms with Gasteiger partial charge in [-0.2, -0.15) is 0 Å². The summed E-state index contributed by atoms with van der Waals surface area (Å²) in [7, 11) is 0. The zero-order chi connectivity index (χ0) is 12.1. The molecule has 1 rings (SSSR count). The van der Waals surface area contributed by atoms with Gasteiger partial charge < -0.3 is 11.1 Å². The van der Waals surface area contributed by atoms with Crippen molar-refractivity contribution >= 4 is 35.0 Å². The van der Waals surface area contributed by atoms with Crippen LogP contribution in [0.2, 0.25) is 5.02 Å². The van der Waals surface area contributed by atoms with Crippen molar-refractivity contribution in [2.45, 2.75) is 24.0 Å². The number of carbonyl (C=O) groups excluding carboxylic acids is 1. The number of nitrogens with two attached hydrogens (primary N) is 1. The van der Waals surface area contributed by atoms with E-state index >= 15 is 0 Å². The number of nitrogens with one attached hydrogen (secondary N) is 1. The maximum absolute atomic E-state index is 11.5. The van der Waals surface area contributed by atoms with Crippen LogP contribution in [-0.2, 0) is 4.79 Å². The highest BCUT2D eigenvalue weighted by molar-refractivity contribution is 8.00. The molecule has 1 unspecified atom stereocenters. The summed E-state index contributed by atoms with van der Waals surface area (Å²) in [6, 6.07) is 5.29. The van der Waals surface area contributed by atoms with Crippen molar-refractivity contribution in [3.8, 4) is 0 Å². The summed E-state index contributed by atoms with van der Waals surface area (Å²) < 4.78 is 0. The fourth-order valence-corrected chi connectivity index (χ4v) is 2.28. The predicted octanol–water partition coefficient (Wildman–Crippen LogP) is 2.54. The third-order valence-electron chi connectivity index (χ3n) is 2.00. The number of halogens is 1. The monoisotopic (exact) mass is 258 g/mol. The van der Waals surface area contributed by atoms with Crippen molar-refractivity contribution in [2.75, 3.05) is 12.3 Å². The van der Waals surface area contributed by atoms with E-state index in [0.29, 0.717) is 17.3 Å². The Morgan fingerprint density at radius 1 is 1.62 bits per heavy atom. The van der Waals surface area contributed by atoms with Crippen molar-refractivity contribution in [1.29, 1.82) is 0 Å². The largest absolute Gasteiger partial charge is 0.398 e. The molecule has 0 aliphatic heterocycles. The molecule has 5 heteroatoms. The van der Waals surface area contributed by atoms with Crippen LogP contribution in [0.4, 0.5) is 5.69 Å². The van der Waals surface area contributed by atoms with Crippen molar-refractivity contribution in [2.24, 2.45) is 0 Å². The first-order valence-electron chi connectivity index (χ1n) is 5.04. The van der Waals surface area contributed by atoms with Crippen LogP contribution in [0.5, 0.6) is 0 Å². The number of amides is 1. The van der Waals surface area contributed by atoms with Gasteiger partial charge in [0.25, 0.3) is 0 Å². The maximum Gasteiger partial charge on any atom is 0.233 e. The van der Waals surface area contributed by atoms with Gasteiger partial charge in [0, 0.05) is 22.2 Å². The molecule has 0 aliphatic rings. The van der Waals surface area contributed by atoms with Gasteiger partial charge in [-0.05, 0) is 32.0 Å². The fourth-order valence-electron chi connectivity index (χ4n) is 1.19. The van der Waals surface area contributed by atoms with Crippen molar-refractivity contribution < 1.29 is 4.79 Å². The number of anilines is 1. The summed E-state index contributed by atoms with van der Waals surface area (Å²) in [5.74, 6) is 0.0156. The second-order valence-corrected chi connectivity index (χ2v) is 5.16. The molecule has 3 nitrogen and oxygen atoms in total. The topological polar surface area (TPSA) is 55.1 Å². The highest BCUT2D eigenvalue weighted by atomic mass is 35.5. The smallest absolute Gasteiger partial charge is 0.233 e. The number of benzene rings is 1. The molecule has 0 spiro atoms. The van der Waals surface area contributed by atoms with Crippen LogP contribution < -0.4 is 11.1 Å². The number of hydrogen-bond donors (Lipinski definition) is 2. The Hall–Kier alpha value is -0.870. The summed E-state index contributed by atoms with van der Waals surface area (Å²) in [4.78, 5) is 12.4. The Labute approximate surface area is 105 Å². The van der Waals surface area contributed by atoms with Gasteiger partial charge in [-0.1, -0.05) is 11.6 Å². The fraction of sp³-hybridized carbons (Fsp3) is 0.364. The highest BCUT2D eigenvalue weighted by Crippen LogP contribution is 2.30. The molecule has 1 amide bonds. The van der Waals surface area contributed by atoms with Gasteiger partial charge in [0.05, 0.1) is 5.25 Å². The molecule has 1 aromatic rings. The first-order valence-corrected chi connectivity index (χ1v) is 6.29. The van der Waals surface area contributed by atoms with Crippen LogP contribution >= 0.6 is 23.4 Å². The zero-order valence-corrected chi connectivity index (χ0v) is 10.9. The minimum Gasteiger partial charge on any atom is -0.398 e. The van der Waals surface area contributed by atoms with Crippen LogP contribution in [0.1, 0.15) is 13.8 Å². The zero-order valence-electron chi connectivity index (χ0n) is 9.29. The summed E-state index contributed by atoms with van der Waals surface area (Å²) in [5.41, 5.74) is 6.41. The quantitative estimate of drug-likeness (QED) is 0.645. The predicted molar refractivity (Wildman–Crippen MR) is 69.9 cm³/mol. The lowest BCUT2D eigenvalue weighted by Crippen LogP contribution is -2.30. The van der Waals surface area contributed by atoms with Gasteiger partial charge in [0.2, 0.25) is 5.91 Å². The molecule has 0 aromatic heterocycles. The third-order valence-corrected chi connectivity index (χ3v) is 3.42. The van der Waals surface area contributed by atoms with E-state index in [1.807, 2.05) is 19.9 Å². The van der Waals surface area contributed by atoms with E-state index in [2.05, 4.69) is 5.32 Å². The number of thioether (sulfide) groups is 1. The summed E-state index contributed by atoms with van der Waals surface area (Å²) in [6.07, 6.45) is 0. The number of carbonyl (C=O) groups is 1. The van der Waals surface area contributed by atoms with Gasteiger partial charge in [-0.25, -0.2) is 0 Å². The molecule has 0 heterocycles. The van der Waals surface area contributed by atoms with E-state index in [1.165, 1.54) is 11.8 Å². The minimum atomic E-state index is -0.163. The maximum atomic E-state index is 11.5. The van der Waals surface area contributed by atoms with Crippen LogP contribution in [0.3, 0.4) is 0 Å². The van der Waals surface area contributed by atoms with E-state index < -0.39 is 0 Å². The van der Waals surface area contributed by atoms with Gasteiger partial charge in [-0.3, -0.25) is 4.79 Å². The molecule has 0 saturated heterocycles. The molecule has 0 saturated carbocycles. The number of nitrogen functional groups attached to an aromatic ring is 1. The summed E-state index contributed by atoms with van der Waals surface area (Å²) in [6.45, 7) is 4.38. The Balaban J connectivity index is 2.69. The van der Waals surface area contributed by atoms with E-state index in [0.717, 1.165) is 4.90 Å². The van der Waals surface area contributed by atoms with Gasteiger partial charge in [-0.15, -0.1) is 11.8 Å². The van der Waals surface area contributed by atoms with Crippen molar-refractivity contribution in [3.63, 3.8) is 0 Å². The van der Waals surface area contributed by atoms with Crippen molar-refractivity contribution in [1.82, 2.24) is 5.32 Å². The summed E-state index contributed by atoms with van der Waals surface area (Å²) >= 11 is 7.23. The van der Waals surface area contributed by atoms with E-state index in [9.17, 15) is 4.79 Å². The lowest BCUT2D eigenvalue weighted by molar-refractivity contribution is -0.120. The Morgan fingerprint density at radius 3 is 2.88 bits per heavy atom. The molecule has 88 valence electrons. The van der Waals surface area contributed by atoms with E-state index in [-0.39, 0.29) is 11.2 Å². The average Bonchev–Trinajstić information content (AvgIpc) is 2.22. The normalized spacial score (nSPS) is 12.2. The van der Waals surface area contributed by atoms with E-state index in [4.69, 9.17) is 17.3 Å². The lowest BCUT2D eigenvalue weighted by Gasteiger charge is -2.12. The Morgan fingerprint density at radius 2 is 2.31 bits per heavy atom. The standard InChI is InChI=1S/C11H15ClN2OS/c1-3-14-11(15)7(2)16-10-5-4-8(12)6-9(10)13/h4-7H,3,13H2,1-2H3,(H,14,15).